The summed E-state index contributed by atoms with van der Waals surface area (Å²) in [4.78, 5) is 23.2. The number of fused-ring (bicyclic) bond motifs is 1. The molecule has 2 rings (SSSR count). The minimum absolute atomic E-state index is 0.0497. The topological polar surface area (TPSA) is 54.4 Å². The first-order chi connectivity index (χ1) is 8.93. The van der Waals surface area contributed by atoms with Crippen LogP contribution >= 0.6 is 11.6 Å². The summed E-state index contributed by atoms with van der Waals surface area (Å²) in [7, 11) is 0. The summed E-state index contributed by atoms with van der Waals surface area (Å²) >= 11 is 6.13. The summed E-state index contributed by atoms with van der Waals surface area (Å²) in [6.07, 6.45) is 1.29. The lowest BCUT2D eigenvalue weighted by atomic mass is 9.87. The number of carbonyl (C=O) groups excluding carboxylic acids is 1. The molecule has 0 bridgehead atoms. The van der Waals surface area contributed by atoms with Crippen LogP contribution in [0.25, 0.3) is 5.57 Å². The summed E-state index contributed by atoms with van der Waals surface area (Å²) < 4.78 is 0. The average Bonchev–Trinajstić information content (AvgIpc) is 2.40. The lowest BCUT2D eigenvalue weighted by molar-refractivity contribution is -0.132. The van der Waals surface area contributed by atoms with E-state index in [1.165, 1.54) is 13.0 Å². The predicted octanol–water partition coefficient (Wildman–Crippen LogP) is 3.42. The molecule has 0 atom stereocenters. The van der Waals surface area contributed by atoms with E-state index in [-0.39, 0.29) is 22.0 Å². The van der Waals surface area contributed by atoms with Gasteiger partial charge in [-0.1, -0.05) is 42.4 Å². The van der Waals surface area contributed by atoms with Crippen molar-refractivity contribution in [3.8, 4) is 0 Å². The molecular formula is C15H11ClO3. The van der Waals surface area contributed by atoms with Gasteiger partial charge >= 0.3 is 5.97 Å². The van der Waals surface area contributed by atoms with Crippen molar-refractivity contribution in [3.05, 3.63) is 64.2 Å². The summed E-state index contributed by atoms with van der Waals surface area (Å²) in [6, 6.07) is 6.98. The van der Waals surface area contributed by atoms with Gasteiger partial charge in [-0.15, -0.1) is 0 Å². The minimum atomic E-state index is -1.09. The van der Waals surface area contributed by atoms with E-state index in [4.69, 9.17) is 16.7 Å². The molecule has 19 heavy (non-hydrogen) atoms. The maximum absolute atomic E-state index is 12.3. The monoisotopic (exact) mass is 274 g/mol. The van der Waals surface area contributed by atoms with Crippen LogP contribution < -0.4 is 0 Å². The zero-order valence-corrected chi connectivity index (χ0v) is 11.0. The van der Waals surface area contributed by atoms with Crippen molar-refractivity contribution in [2.45, 2.75) is 6.92 Å². The number of benzene rings is 1. The number of carboxylic acid groups (broad SMARTS) is 1. The van der Waals surface area contributed by atoms with E-state index in [0.29, 0.717) is 16.7 Å². The highest BCUT2D eigenvalue weighted by Crippen LogP contribution is 2.37. The number of hydrogen-bond donors (Lipinski definition) is 1. The van der Waals surface area contributed by atoms with Gasteiger partial charge in [0.25, 0.3) is 0 Å². The average molecular weight is 275 g/mol. The molecule has 1 N–H and O–H groups in total. The Morgan fingerprint density at radius 3 is 2.47 bits per heavy atom. The van der Waals surface area contributed by atoms with Crippen LogP contribution in [0.3, 0.4) is 0 Å². The zero-order valence-electron chi connectivity index (χ0n) is 10.2. The van der Waals surface area contributed by atoms with E-state index in [1.807, 2.05) is 0 Å². The standard InChI is InChI=1S/C15H11ClO3/c1-8(15(18)19)7-12-13(16)9(2)10-5-3-4-6-11(10)14(12)17/h3-7H,2H2,1H3,(H,18,19)/b8-7-. The Labute approximate surface area is 115 Å². The minimum Gasteiger partial charge on any atom is -0.478 e. The number of aliphatic carboxylic acids is 1. The molecule has 1 aromatic rings. The van der Waals surface area contributed by atoms with Crippen molar-refractivity contribution in [1.29, 1.82) is 0 Å². The molecule has 0 aliphatic heterocycles. The Kier molecular flexibility index (Phi) is 3.40. The van der Waals surface area contributed by atoms with Gasteiger partial charge in [-0.05, 0) is 24.1 Å². The molecule has 0 heterocycles. The van der Waals surface area contributed by atoms with Gasteiger partial charge in [0.1, 0.15) is 0 Å². The molecule has 0 saturated carbocycles. The fourth-order valence-electron chi connectivity index (χ4n) is 1.88. The molecule has 1 aliphatic carbocycles. The van der Waals surface area contributed by atoms with E-state index >= 15 is 0 Å². The number of ketones is 1. The highest BCUT2D eigenvalue weighted by atomic mass is 35.5. The molecule has 1 aliphatic rings. The zero-order chi connectivity index (χ0) is 14.2. The Hall–Kier alpha value is -2.13. The SMILES string of the molecule is C=C1C(Cl)=C(/C=C(/C)C(=O)O)C(=O)c2ccccc21. The normalized spacial score (nSPS) is 15.6. The van der Waals surface area contributed by atoms with Crippen LogP contribution in [-0.4, -0.2) is 16.9 Å². The summed E-state index contributed by atoms with van der Waals surface area (Å²) in [5, 5.41) is 9.08. The smallest absolute Gasteiger partial charge is 0.331 e. The number of carboxylic acids is 1. The van der Waals surface area contributed by atoms with Crippen LogP contribution in [0.4, 0.5) is 0 Å². The summed E-state index contributed by atoms with van der Waals surface area (Å²) in [5.74, 6) is -1.37. The van der Waals surface area contributed by atoms with Crippen molar-refractivity contribution >= 4 is 28.9 Å². The Morgan fingerprint density at radius 2 is 1.89 bits per heavy atom. The van der Waals surface area contributed by atoms with Crippen LogP contribution in [0, 0.1) is 0 Å². The lowest BCUT2D eigenvalue weighted by Crippen LogP contribution is -2.13. The van der Waals surface area contributed by atoms with E-state index in [0.717, 1.165) is 0 Å². The third-order valence-corrected chi connectivity index (χ3v) is 3.37. The number of hydrogen-bond acceptors (Lipinski definition) is 2. The molecule has 96 valence electrons. The third-order valence-electron chi connectivity index (χ3n) is 2.94. The molecule has 3 nitrogen and oxygen atoms in total. The molecule has 0 amide bonds. The predicted molar refractivity (Wildman–Crippen MR) is 74.1 cm³/mol. The Bertz CT molecular complexity index is 666. The second kappa shape index (κ2) is 4.86. The second-order valence-electron chi connectivity index (χ2n) is 4.21. The van der Waals surface area contributed by atoms with Crippen molar-refractivity contribution in [2.24, 2.45) is 0 Å². The number of carbonyl (C=O) groups is 2. The van der Waals surface area contributed by atoms with Gasteiger partial charge < -0.3 is 5.11 Å². The van der Waals surface area contributed by atoms with Gasteiger partial charge in [0.05, 0.1) is 5.03 Å². The summed E-state index contributed by atoms with van der Waals surface area (Å²) in [6.45, 7) is 5.27. The fourth-order valence-corrected chi connectivity index (χ4v) is 2.12. The van der Waals surface area contributed by atoms with Crippen LogP contribution in [0.5, 0.6) is 0 Å². The number of halogens is 1. The molecule has 0 aromatic heterocycles. The largest absolute Gasteiger partial charge is 0.478 e. The van der Waals surface area contributed by atoms with Gasteiger partial charge in [0.15, 0.2) is 5.78 Å². The van der Waals surface area contributed by atoms with Gasteiger partial charge in [0.2, 0.25) is 0 Å². The van der Waals surface area contributed by atoms with Gasteiger partial charge in [0, 0.05) is 16.7 Å². The highest BCUT2D eigenvalue weighted by molar-refractivity contribution is 6.42. The molecule has 0 unspecified atom stereocenters. The summed E-state index contributed by atoms with van der Waals surface area (Å²) in [5.41, 5.74) is 1.92. The lowest BCUT2D eigenvalue weighted by Gasteiger charge is -2.19. The first kappa shape index (κ1) is 13.3. The van der Waals surface area contributed by atoms with Crippen LogP contribution in [0.15, 0.2) is 53.1 Å². The molecule has 0 spiro atoms. The van der Waals surface area contributed by atoms with E-state index in [9.17, 15) is 9.59 Å². The van der Waals surface area contributed by atoms with E-state index in [2.05, 4.69) is 6.58 Å². The number of Topliss-reactive ketones (excluding diaryl/α,β-unsaturated/α-hetero) is 1. The van der Waals surface area contributed by atoms with Crippen molar-refractivity contribution in [2.75, 3.05) is 0 Å². The molecule has 0 fully saturated rings. The van der Waals surface area contributed by atoms with Crippen molar-refractivity contribution < 1.29 is 14.7 Å². The molecule has 0 saturated heterocycles. The van der Waals surface area contributed by atoms with Crippen LogP contribution in [0.2, 0.25) is 0 Å². The van der Waals surface area contributed by atoms with E-state index < -0.39 is 5.97 Å². The second-order valence-corrected chi connectivity index (χ2v) is 4.59. The fraction of sp³-hybridized carbons (Fsp3) is 0.0667. The van der Waals surface area contributed by atoms with Crippen LogP contribution in [0.1, 0.15) is 22.8 Å². The van der Waals surface area contributed by atoms with E-state index in [1.54, 1.807) is 24.3 Å². The molecule has 0 radical (unpaired) electrons. The maximum atomic E-state index is 12.3. The Balaban J connectivity index is 2.61. The first-order valence-corrected chi connectivity index (χ1v) is 5.96. The van der Waals surface area contributed by atoms with Gasteiger partial charge in [-0.25, -0.2) is 4.79 Å². The quantitative estimate of drug-likeness (QED) is 0.841. The highest BCUT2D eigenvalue weighted by Gasteiger charge is 2.26. The molecular weight excluding hydrogens is 264 g/mol. The van der Waals surface area contributed by atoms with Crippen LogP contribution in [-0.2, 0) is 4.79 Å². The van der Waals surface area contributed by atoms with Crippen molar-refractivity contribution in [1.82, 2.24) is 0 Å². The van der Waals surface area contributed by atoms with Gasteiger partial charge in [-0.3, -0.25) is 4.79 Å². The Morgan fingerprint density at radius 1 is 1.32 bits per heavy atom. The molecule has 4 heteroatoms. The third kappa shape index (κ3) is 2.25. The maximum Gasteiger partial charge on any atom is 0.331 e. The molecule has 1 aromatic carbocycles. The van der Waals surface area contributed by atoms with Crippen molar-refractivity contribution in [3.63, 3.8) is 0 Å². The number of allylic oxidation sites excluding steroid dienone is 4. The first-order valence-electron chi connectivity index (χ1n) is 5.58. The number of rotatable bonds is 2. The van der Waals surface area contributed by atoms with Gasteiger partial charge in [-0.2, -0.15) is 0 Å².